The summed E-state index contributed by atoms with van der Waals surface area (Å²) in [4.78, 5) is 14.4. The van der Waals surface area contributed by atoms with Crippen molar-refractivity contribution in [3.8, 4) is 0 Å². The van der Waals surface area contributed by atoms with E-state index in [4.69, 9.17) is 4.74 Å². The van der Waals surface area contributed by atoms with Crippen LogP contribution in [0.3, 0.4) is 0 Å². The lowest BCUT2D eigenvalue weighted by Gasteiger charge is -2.43. The van der Waals surface area contributed by atoms with Crippen LogP contribution in [0.2, 0.25) is 0 Å². The van der Waals surface area contributed by atoms with Crippen molar-refractivity contribution in [2.24, 2.45) is 0 Å². The second kappa shape index (κ2) is 8.18. The summed E-state index contributed by atoms with van der Waals surface area (Å²) >= 11 is 0. The van der Waals surface area contributed by atoms with Crippen LogP contribution in [0.5, 0.6) is 0 Å². The van der Waals surface area contributed by atoms with Gasteiger partial charge < -0.3 is 15.0 Å². The molecule has 1 unspecified atom stereocenters. The predicted octanol–water partition coefficient (Wildman–Crippen LogP) is 3.22. The van der Waals surface area contributed by atoms with Gasteiger partial charge >= 0.3 is 6.09 Å². The molecule has 3 atom stereocenters. The fraction of sp³-hybridized carbons (Fsp3) is 0.611. The molecule has 1 saturated heterocycles. The van der Waals surface area contributed by atoms with E-state index in [1.807, 2.05) is 23.1 Å². The van der Waals surface area contributed by atoms with Crippen LogP contribution in [0, 0.1) is 0 Å². The number of hydrogen-bond donors (Lipinski definition) is 1. The third-order valence-electron chi connectivity index (χ3n) is 4.24. The Bertz CT molecular complexity index is 463. The highest BCUT2D eigenvalue weighted by atomic mass is 16.6. The molecule has 1 N–H and O–H groups in total. The molecule has 4 nitrogen and oxygen atoms in total. The summed E-state index contributed by atoms with van der Waals surface area (Å²) in [6.45, 7) is 7.57. The Hall–Kier alpha value is -1.55. The summed E-state index contributed by atoms with van der Waals surface area (Å²) in [5.74, 6) is 0. The number of carbonyl (C=O) groups excluding carboxylic acids is 1. The van der Waals surface area contributed by atoms with Gasteiger partial charge in [-0.1, -0.05) is 43.7 Å². The van der Waals surface area contributed by atoms with Crippen molar-refractivity contribution in [2.45, 2.75) is 58.2 Å². The van der Waals surface area contributed by atoms with Gasteiger partial charge in [0.25, 0.3) is 0 Å². The molecule has 1 fully saturated rings. The number of carbonyl (C=O) groups is 1. The van der Waals surface area contributed by atoms with Crippen LogP contribution in [0.4, 0.5) is 4.79 Å². The number of hydrogen-bond acceptors (Lipinski definition) is 3. The smallest absolute Gasteiger partial charge is 0.410 e. The van der Waals surface area contributed by atoms with E-state index in [-0.39, 0.29) is 18.2 Å². The van der Waals surface area contributed by atoms with Gasteiger partial charge in [0.1, 0.15) is 0 Å². The van der Waals surface area contributed by atoms with Crippen LogP contribution >= 0.6 is 0 Å². The van der Waals surface area contributed by atoms with Crippen molar-refractivity contribution in [2.75, 3.05) is 13.2 Å². The van der Waals surface area contributed by atoms with E-state index < -0.39 is 0 Å². The highest BCUT2D eigenvalue weighted by Gasteiger charge is 2.35. The molecule has 122 valence electrons. The van der Waals surface area contributed by atoms with Crippen molar-refractivity contribution in [1.82, 2.24) is 10.2 Å². The first-order valence-corrected chi connectivity index (χ1v) is 8.35. The molecule has 1 aromatic rings. The first-order chi connectivity index (χ1) is 10.6. The molecule has 1 amide bonds. The number of rotatable bonds is 5. The molecule has 0 aliphatic carbocycles. The zero-order valence-corrected chi connectivity index (χ0v) is 13.9. The Morgan fingerprint density at radius 2 is 2.05 bits per heavy atom. The minimum absolute atomic E-state index is 0.132. The van der Waals surface area contributed by atoms with Gasteiger partial charge in [0, 0.05) is 18.6 Å². The molecule has 1 aromatic carbocycles. The molecule has 0 spiro atoms. The van der Waals surface area contributed by atoms with Gasteiger partial charge in [-0.3, -0.25) is 0 Å². The summed E-state index contributed by atoms with van der Waals surface area (Å²) in [6.07, 6.45) is 2.64. The molecular formula is C18H28N2O2. The van der Waals surface area contributed by atoms with Crippen molar-refractivity contribution >= 4 is 6.09 Å². The lowest BCUT2D eigenvalue weighted by Crippen LogP contribution is -2.62. The van der Waals surface area contributed by atoms with E-state index in [0.717, 1.165) is 19.3 Å². The number of ether oxygens (including phenoxy) is 1. The summed E-state index contributed by atoms with van der Waals surface area (Å²) in [7, 11) is 0. The zero-order chi connectivity index (χ0) is 15.9. The van der Waals surface area contributed by atoms with Crippen molar-refractivity contribution in [3.05, 3.63) is 35.9 Å². The van der Waals surface area contributed by atoms with E-state index in [0.29, 0.717) is 19.2 Å². The Balaban J connectivity index is 2.06. The lowest BCUT2D eigenvalue weighted by molar-refractivity contribution is 0.0555. The monoisotopic (exact) mass is 304 g/mol. The van der Waals surface area contributed by atoms with Gasteiger partial charge in [-0.05, 0) is 32.3 Å². The average molecular weight is 304 g/mol. The fourth-order valence-electron chi connectivity index (χ4n) is 3.05. The minimum Gasteiger partial charge on any atom is -0.449 e. The Morgan fingerprint density at radius 3 is 2.73 bits per heavy atom. The Labute approximate surface area is 133 Å². The Morgan fingerprint density at radius 1 is 1.32 bits per heavy atom. The number of benzene rings is 1. The van der Waals surface area contributed by atoms with Gasteiger partial charge in [0.15, 0.2) is 0 Å². The largest absolute Gasteiger partial charge is 0.449 e. The number of nitrogens with zero attached hydrogens (tertiary/aromatic N) is 1. The van der Waals surface area contributed by atoms with Gasteiger partial charge in [0.05, 0.1) is 12.6 Å². The topological polar surface area (TPSA) is 41.6 Å². The van der Waals surface area contributed by atoms with Crippen molar-refractivity contribution in [1.29, 1.82) is 0 Å². The second-order valence-electron chi connectivity index (χ2n) is 6.23. The van der Waals surface area contributed by atoms with Crippen LogP contribution in [0.15, 0.2) is 30.3 Å². The van der Waals surface area contributed by atoms with Crippen molar-refractivity contribution < 1.29 is 9.53 Å². The molecule has 1 heterocycles. The summed E-state index contributed by atoms with van der Waals surface area (Å²) < 4.78 is 5.45. The van der Waals surface area contributed by atoms with Gasteiger partial charge in [-0.2, -0.15) is 0 Å². The maximum Gasteiger partial charge on any atom is 0.410 e. The van der Waals surface area contributed by atoms with Gasteiger partial charge in [-0.25, -0.2) is 4.79 Å². The molecule has 0 aromatic heterocycles. The van der Waals surface area contributed by atoms with Crippen LogP contribution < -0.4 is 5.32 Å². The first-order valence-electron chi connectivity index (χ1n) is 8.35. The molecule has 0 bridgehead atoms. The van der Waals surface area contributed by atoms with Crippen LogP contribution in [0.1, 0.15) is 39.2 Å². The summed E-state index contributed by atoms with van der Waals surface area (Å²) in [6, 6.07) is 11.0. The third kappa shape index (κ3) is 4.47. The first kappa shape index (κ1) is 16.8. The van der Waals surface area contributed by atoms with Crippen LogP contribution in [-0.2, 0) is 11.2 Å². The van der Waals surface area contributed by atoms with E-state index in [9.17, 15) is 4.79 Å². The highest BCUT2D eigenvalue weighted by molar-refractivity contribution is 5.68. The molecule has 2 rings (SSSR count). The number of piperazine rings is 1. The average Bonchev–Trinajstić information content (AvgIpc) is 2.51. The maximum atomic E-state index is 12.4. The quantitative estimate of drug-likeness (QED) is 0.849. The van der Waals surface area contributed by atoms with Crippen LogP contribution in [-0.4, -0.2) is 42.3 Å². The minimum atomic E-state index is -0.172. The SMILES string of the molecule is CCCCOC(=O)N1C[C@H](C)N[C@H](C)C1Cc1ccccc1. The molecule has 1 aliphatic heterocycles. The predicted molar refractivity (Wildman–Crippen MR) is 89.0 cm³/mol. The molecule has 0 saturated carbocycles. The van der Waals surface area contributed by atoms with Gasteiger partial charge in [-0.15, -0.1) is 0 Å². The lowest BCUT2D eigenvalue weighted by atomic mass is 9.95. The third-order valence-corrected chi connectivity index (χ3v) is 4.24. The van der Waals surface area contributed by atoms with E-state index in [1.54, 1.807) is 0 Å². The zero-order valence-electron chi connectivity index (χ0n) is 13.9. The van der Waals surface area contributed by atoms with Crippen LogP contribution in [0.25, 0.3) is 0 Å². The van der Waals surface area contributed by atoms with Gasteiger partial charge in [0.2, 0.25) is 0 Å². The highest BCUT2D eigenvalue weighted by Crippen LogP contribution is 2.19. The fourth-order valence-corrected chi connectivity index (χ4v) is 3.05. The molecule has 0 radical (unpaired) electrons. The van der Waals surface area contributed by atoms with E-state index in [1.165, 1.54) is 5.56 Å². The number of amides is 1. The number of unbranched alkanes of at least 4 members (excludes halogenated alkanes) is 1. The standard InChI is InChI=1S/C18H28N2O2/c1-4-5-11-22-18(21)20-13-14(2)19-15(3)17(20)12-16-9-7-6-8-10-16/h6-10,14-15,17,19H,4-5,11-13H2,1-3H3/t14-,15+,17?/m0/s1. The second-order valence-corrected chi connectivity index (χ2v) is 6.23. The normalized spacial score (nSPS) is 25.0. The molecule has 1 aliphatic rings. The summed E-state index contributed by atoms with van der Waals surface area (Å²) in [5.41, 5.74) is 1.25. The van der Waals surface area contributed by atoms with E-state index >= 15 is 0 Å². The Kier molecular flexibility index (Phi) is 6.25. The van der Waals surface area contributed by atoms with E-state index in [2.05, 4.69) is 38.2 Å². The van der Waals surface area contributed by atoms with Crippen molar-refractivity contribution in [3.63, 3.8) is 0 Å². The summed E-state index contributed by atoms with van der Waals surface area (Å²) in [5, 5.41) is 3.55. The maximum absolute atomic E-state index is 12.4. The molecule has 22 heavy (non-hydrogen) atoms. The molecule has 4 heteroatoms. The number of nitrogens with one attached hydrogen (secondary N) is 1. The molecular weight excluding hydrogens is 276 g/mol.